The molecule has 0 aliphatic heterocycles. The molecular formula is C35H44N2O6. The fraction of sp³-hybridized carbons (Fsp3) is 0.543. The Balaban J connectivity index is 1.16. The van der Waals surface area contributed by atoms with Gasteiger partial charge in [0.15, 0.2) is 5.78 Å². The van der Waals surface area contributed by atoms with Crippen LogP contribution in [0, 0.1) is 23.7 Å². The maximum Gasteiger partial charge on any atom is 0.366 e. The fourth-order valence-electron chi connectivity index (χ4n) is 7.62. The molecule has 0 unspecified atom stereocenters. The second kappa shape index (κ2) is 13.8. The van der Waals surface area contributed by atoms with Crippen LogP contribution in [-0.2, 0) is 30.4 Å². The van der Waals surface area contributed by atoms with Crippen molar-refractivity contribution in [1.82, 2.24) is 10.8 Å². The topological polar surface area (TPSA) is 111 Å². The number of rotatable bonds is 14. The second-order valence-corrected chi connectivity index (χ2v) is 13.4. The van der Waals surface area contributed by atoms with Crippen molar-refractivity contribution in [2.45, 2.75) is 95.7 Å². The third-order valence-electron chi connectivity index (χ3n) is 9.22. The van der Waals surface area contributed by atoms with Crippen molar-refractivity contribution in [3.8, 4) is 0 Å². The van der Waals surface area contributed by atoms with Gasteiger partial charge >= 0.3 is 11.9 Å². The maximum atomic E-state index is 13.3. The first-order valence-electron chi connectivity index (χ1n) is 15.8. The number of hydrogen-bond donors (Lipinski definition) is 2. The Morgan fingerprint density at radius 2 is 1.42 bits per heavy atom. The number of ether oxygens (including phenoxy) is 1. The molecule has 2 N–H and O–H groups in total. The van der Waals surface area contributed by atoms with Crippen molar-refractivity contribution in [1.29, 1.82) is 0 Å². The molecule has 0 heterocycles. The lowest BCUT2D eigenvalue weighted by atomic mass is 9.53. The first-order chi connectivity index (χ1) is 20.7. The van der Waals surface area contributed by atoms with Crippen molar-refractivity contribution in [2.75, 3.05) is 0 Å². The van der Waals surface area contributed by atoms with Crippen LogP contribution in [0.1, 0.15) is 87.6 Å². The van der Waals surface area contributed by atoms with E-state index in [-0.39, 0.29) is 36.0 Å². The van der Waals surface area contributed by atoms with Crippen LogP contribution >= 0.6 is 0 Å². The number of benzene rings is 2. The Morgan fingerprint density at radius 1 is 0.837 bits per heavy atom. The Kier molecular flexibility index (Phi) is 9.96. The average Bonchev–Trinajstić information content (AvgIpc) is 2.98. The zero-order valence-corrected chi connectivity index (χ0v) is 25.3. The molecule has 8 nitrogen and oxygen atoms in total. The van der Waals surface area contributed by atoms with E-state index < -0.39 is 24.1 Å². The highest BCUT2D eigenvalue weighted by atomic mass is 16.7. The number of amides is 1. The van der Waals surface area contributed by atoms with Crippen LogP contribution in [-0.4, -0.2) is 41.3 Å². The zero-order chi connectivity index (χ0) is 30.4. The summed E-state index contributed by atoms with van der Waals surface area (Å²) < 4.78 is 5.60. The van der Waals surface area contributed by atoms with Crippen LogP contribution < -0.4 is 10.8 Å². The molecule has 4 saturated carbocycles. The Bertz CT molecular complexity index is 1240. The number of hydrogen-bond acceptors (Lipinski definition) is 7. The van der Waals surface area contributed by atoms with Gasteiger partial charge in [0.25, 0.3) is 5.91 Å². The average molecular weight is 589 g/mol. The van der Waals surface area contributed by atoms with E-state index in [1.807, 2.05) is 50.2 Å². The summed E-state index contributed by atoms with van der Waals surface area (Å²) in [6, 6.07) is 17.3. The molecule has 2 aromatic rings. The summed E-state index contributed by atoms with van der Waals surface area (Å²) in [5.41, 5.74) is 4.31. The third-order valence-corrected chi connectivity index (χ3v) is 9.22. The molecule has 230 valence electrons. The van der Waals surface area contributed by atoms with E-state index in [1.54, 1.807) is 24.3 Å². The van der Waals surface area contributed by atoms with Gasteiger partial charge in [-0.15, -0.1) is 5.48 Å². The largest absolute Gasteiger partial charge is 0.450 e. The summed E-state index contributed by atoms with van der Waals surface area (Å²) in [5, 5.41) is 2.84. The van der Waals surface area contributed by atoms with E-state index in [0.717, 1.165) is 24.8 Å². The number of ketones is 1. The summed E-state index contributed by atoms with van der Waals surface area (Å²) in [7, 11) is 0. The van der Waals surface area contributed by atoms with E-state index in [1.165, 1.54) is 19.3 Å². The van der Waals surface area contributed by atoms with Gasteiger partial charge in [-0.2, -0.15) is 0 Å². The highest BCUT2D eigenvalue weighted by Crippen LogP contribution is 2.55. The first kappa shape index (κ1) is 30.9. The molecule has 0 radical (unpaired) electrons. The summed E-state index contributed by atoms with van der Waals surface area (Å²) in [4.78, 5) is 57.8. The highest BCUT2D eigenvalue weighted by Gasteiger charge is 2.52. The minimum Gasteiger partial charge on any atom is -0.450 e. The Labute approximate surface area is 254 Å². The summed E-state index contributed by atoms with van der Waals surface area (Å²) in [6.07, 6.45) is 6.15. The lowest BCUT2D eigenvalue weighted by Crippen LogP contribution is -2.59. The van der Waals surface area contributed by atoms with Crippen LogP contribution in [0.25, 0.3) is 0 Å². The van der Waals surface area contributed by atoms with E-state index in [9.17, 15) is 19.2 Å². The van der Waals surface area contributed by atoms with E-state index in [0.29, 0.717) is 36.2 Å². The van der Waals surface area contributed by atoms with Crippen molar-refractivity contribution >= 4 is 23.6 Å². The van der Waals surface area contributed by atoms with Crippen molar-refractivity contribution in [3.63, 3.8) is 0 Å². The van der Waals surface area contributed by atoms with Crippen LogP contribution in [0.2, 0.25) is 0 Å². The standard InChI is InChI=1S/C35H44N2O6/c1-23(2)15-31(34(41)43-37-35-20-25-16-26(21-35)18-27(17-25)22-35)42-32(39)14-13-30(38)29(19-24-9-5-3-6-10-24)36-33(40)28-11-7-4-8-12-28/h3-12,23,25-27,29,31,37H,13-22H2,1-2H3,(H,36,40)/t25?,26?,27?,29-,31-,35?/m0/s1. The van der Waals surface area contributed by atoms with Gasteiger partial charge in [-0.3, -0.25) is 14.4 Å². The van der Waals surface area contributed by atoms with Gasteiger partial charge in [0.2, 0.25) is 6.10 Å². The molecule has 2 atom stereocenters. The van der Waals surface area contributed by atoms with Crippen LogP contribution in [0.3, 0.4) is 0 Å². The van der Waals surface area contributed by atoms with Crippen molar-refractivity contribution in [2.24, 2.45) is 23.7 Å². The molecule has 0 aromatic heterocycles. The smallest absolute Gasteiger partial charge is 0.366 e. The van der Waals surface area contributed by atoms with Gasteiger partial charge in [-0.05, 0) is 92.7 Å². The molecule has 4 aliphatic carbocycles. The monoisotopic (exact) mass is 588 g/mol. The molecule has 4 fully saturated rings. The van der Waals surface area contributed by atoms with Crippen molar-refractivity contribution in [3.05, 3.63) is 71.8 Å². The molecule has 0 saturated heterocycles. The van der Waals surface area contributed by atoms with Gasteiger partial charge in [-0.25, -0.2) is 4.79 Å². The van der Waals surface area contributed by atoms with Crippen LogP contribution in [0.5, 0.6) is 0 Å². The van der Waals surface area contributed by atoms with E-state index in [4.69, 9.17) is 9.57 Å². The summed E-state index contributed by atoms with van der Waals surface area (Å²) in [6.45, 7) is 3.90. The van der Waals surface area contributed by atoms with Gasteiger partial charge < -0.3 is 14.9 Å². The predicted molar refractivity (Wildman–Crippen MR) is 162 cm³/mol. The normalized spacial score (nSPS) is 25.1. The minimum absolute atomic E-state index is 0.0926. The zero-order valence-electron chi connectivity index (χ0n) is 25.3. The predicted octanol–water partition coefficient (Wildman–Crippen LogP) is 5.35. The van der Waals surface area contributed by atoms with Gasteiger partial charge in [0, 0.05) is 12.0 Å². The lowest BCUT2D eigenvalue weighted by Gasteiger charge is -2.56. The number of carbonyl (C=O) groups excluding carboxylic acids is 4. The molecule has 0 spiro atoms. The number of esters is 1. The van der Waals surface area contributed by atoms with Gasteiger partial charge in [0.05, 0.1) is 18.0 Å². The second-order valence-electron chi connectivity index (χ2n) is 13.4. The van der Waals surface area contributed by atoms with Gasteiger partial charge in [-0.1, -0.05) is 62.4 Å². The number of nitrogens with one attached hydrogen (secondary N) is 2. The molecular weight excluding hydrogens is 544 g/mol. The van der Waals surface area contributed by atoms with Crippen molar-refractivity contribution < 1.29 is 28.8 Å². The maximum absolute atomic E-state index is 13.3. The Morgan fingerprint density at radius 3 is 2.00 bits per heavy atom. The highest BCUT2D eigenvalue weighted by molar-refractivity contribution is 5.98. The summed E-state index contributed by atoms with van der Waals surface area (Å²) >= 11 is 0. The fourth-order valence-corrected chi connectivity index (χ4v) is 7.62. The van der Waals surface area contributed by atoms with E-state index >= 15 is 0 Å². The molecule has 8 heteroatoms. The van der Waals surface area contributed by atoms with E-state index in [2.05, 4.69) is 10.8 Å². The first-order valence-corrected chi connectivity index (χ1v) is 15.8. The molecule has 2 aromatic carbocycles. The summed E-state index contributed by atoms with van der Waals surface area (Å²) in [5.74, 6) is 0.308. The molecule has 6 rings (SSSR count). The van der Waals surface area contributed by atoms with Crippen LogP contribution in [0.15, 0.2) is 60.7 Å². The third kappa shape index (κ3) is 8.31. The number of carbonyl (C=O) groups is 4. The molecule has 43 heavy (non-hydrogen) atoms. The Hall–Kier alpha value is -3.52. The number of Topliss-reactive ketones (excluding diaryl/α,β-unsaturated/α-hetero) is 1. The number of hydroxylamine groups is 1. The molecule has 1 amide bonds. The molecule has 4 aliphatic rings. The lowest BCUT2D eigenvalue weighted by molar-refractivity contribution is -0.183. The molecule has 4 bridgehead atoms. The SMILES string of the molecule is CC(C)C[C@H](OC(=O)CCC(=O)[C@H](Cc1ccccc1)NC(=O)c1ccccc1)C(=O)ONC12CC3CC(CC(C3)C1)C2. The minimum atomic E-state index is -1.05. The quantitative estimate of drug-likeness (QED) is 0.226. The van der Waals surface area contributed by atoms with Gasteiger partial charge in [0.1, 0.15) is 0 Å². The van der Waals surface area contributed by atoms with Crippen LogP contribution in [0.4, 0.5) is 0 Å².